The van der Waals surface area contributed by atoms with Gasteiger partial charge in [-0.3, -0.25) is 4.79 Å². The van der Waals surface area contributed by atoms with Crippen molar-refractivity contribution in [2.24, 2.45) is 0 Å². The van der Waals surface area contributed by atoms with Gasteiger partial charge in [-0.1, -0.05) is 24.3 Å². The Kier molecular flexibility index (Phi) is 6.35. The zero-order chi connectivity index (χ0) is 19.2. The first-order valence-electron chi connectivity index (χ1n) is 9.74. The molecule has 144 valence electrons. The number of hydrogen-bond donors (Lipinski definition) is 1. The summed E-state index contributed by atoms with van der Waals surface area (Å²) in [6.07, 6.45) is 0. The first-order chi connectivity index (χ1) is 13.1. The summed E-state index contributed by atoms with van der Waals surface area (Å²) in [6.45, 7) is 8.58. The average molecular weight is 369 g/mol. The number of ether oxygens (including phenoxy) is 1. The summed E-state index contributed by atoms with van der Waals surface area (Å²) in [5.74, 6) is 1.08. The highest BCUT2D eigenvalue weighted by atomic mass is 16.5. The zero-order valence-electron chi connectivity index (χ0n) is 16.5. The topological polar surface area (TPSA) is 37.2 Å². The van der Waals surface area contributed by atoms with Crippen molar-refractivity contribution in [3.63, 3.8) is 0 Å². The van der Waals surface area contributed by atoms with Crippen LogP contribution in [0.25, 0.3) is 0 Å². The second-order valence-electron chi connectivity index (χ2n) is 6.99. The first-order valence-corrected chi connectivity index (χ1v) is 9.74. The highest BCUT2D eigenvalue weighted by molar-refractivity contribution is 5.96. The third-order valence-electron chi connectivity index (χ3n) is 5.46. The van der Waals surface area contributed by atoms with Crippen molar-refractivity contribution in [3.8, 4) is 5.75 Å². The summed E-state index contributed by atoms with van der Waals surface area (Å²) in [7, 11) is 1.70. The molecular weight excluding hydrogens is 338 g/mol. The fourth-order valence-electron chi connectivity index (χ4n) is 3.77. The fraction of sp³-hybridized carbons (Fsp3) is 0.409. The molecule has 5 heteroatoms. The number of hydrogen-bond acceptors (Lipinski definition) is 3. The maximum atomic E-state index is 13.1. The summed E-state index contributed by atoms with van der Waals surface area (Å²) in [6, 6.07) is 18.1. The van der Waals surface area contributed by atoms with Gasteiger partial charge in [-0.2, -0.15) is 0 Å². The van der Waals surface area contributed by atoms with Crippen molar-refractivity contribution < 1.29 is 14.4 Å². The maximum Gasteiger partial charge on any atom is 0.284 e. The Morgan fingerprint density at radius 2 is 1.85 bits per heavy atom. The number of anilines is 2. The van der Waals surface area contributed by atoms with Crippen LogP contribution in [0.4, 0.5) is 11.4 Å². The van der Waals surface area contributed by atoms with Gasteiger partial charge < -0.3 is 19.4 Å². The molecule has 5 nitrogen and oxygen atoms in total. The summed E-state index contributed by atoms with van der Waals surface area (Å²) in [5.41, 5.74) is 2.16. The van der Waals surface area contributed by atoms with E-state index in [9.17, 15) is 4.79 Å². The molecule has 1 saturated heterocycles. The van der Waals surface area contributed by atoms with Crippen molar-refractivity contribution in [3.05, 3.63) is 54.6 Å². The molecule has 3 rings (SSSR count). The number of nitrogens with zero attached hydrogens (tertiary/aromatic N) is 2. The molecule has 2 aromatic carbocycles. The molecule has 0 spiro atoms. The van der Waals surface area contributed by atoms with E-state index < -0.39 is 0 Å². The molecule has 1 heterocycles. The van der Waals surface area contributed by atoms with Gasteiger partial charge in [-0.05, 0) is 38.1 Å². The number of quaternary nitrogens is 1. The van der Waals surface area contributed by atoms with Crippen LogP contribution in [0.15, 0.2) is 54.6 Å². The monoisotopic (exact) mass is 368 g/mol. The van der Waals surface area contributed by atoms with Crippen molar-refractivity contribution in [2.45, 2.75) is 19.9 Å². The molecule has 2 aromatic rings. The number of para-hydroxylation sites is 1. The van der Waals surface area contributed by atoms with Crippen LogP contribution in [0, 0.1) is 0 Å². The summed E-state index contributed by atoms with van der Waals surface area (Å²) in [5, 5.41) is 0. The van der Waals surface area contributed by atoms with Crippen molar-refractivity contribution in [1.29, 1.82) is 0 Å². The highest BCUT2D eigenvalue weighted by Gasteiger charge is 2.32. The Morgan fingerprint density at radius 3 is 2.48 bits per heavy atom. The van der Waals surface area contributed by atoms with Crippen LogP contribution >= 0.6 is 0 Å². The lowest BCUT2D eigenvalue weighted by atomic mass is 10.1. The predicted molar refractivity (Wildman–Crippen MR) is 110 cm³/mol. The van der Waals surface area contributed by atoms with Gasteiger partial charge in [0.15, 0.2) is 6.04 Å². The quantitative estimate of drug-likeness (QED) is 0.845. The van der Waals surface area contributed by atoms with E-state index in [4.69, 9.17) is 4.74 Å². The van der Waals surface area contributed by atoms with Gasteiger partial charge in [-0.25, -0.2) is 0 Å². The van der Waals surface area contributed by atoms with E-state index in [1.807, 2.05) is 54.3 Å². The fourth-order valence-corrected chi connectivity index (χ4v) is 3.77. The van der Waals surface area contributed by atoms with Crippen LogP contribution < -0.4 is 19.4 Å². The van der Waals surface area contributed by atoms with Crippen molar-refractivity contribution in [1.82, 2.24) is 0 Å². The third kappa shape index (κ3) is 4.42. The van der Waals surface area contributed by atoms with Gasteiger partial charge in [0, 0.05) is 24.0 Å². The second-order valence-corrected chi connectivity index (χ2v) is 6.99. The number of methoxy groups -OCH3 is 1. The van der Waals surface area contributed by atoms with Gasteiger partial charge in [0.1, 0.15) is 5.75 Å². The van der Waals surface area contributed by atoms with Crippen LogP contribution in [0.5, 0.6) is 5.75 Å². The number of carbonyl (C=O) groups excluding carboxylic acids is 1. The van der Waals surface area contributed by atoms with Crippen molar-refractivity contribution in [2.75, 3.05) is 49.6 Å². The third-order valence-corrected chi connectivity index (χ3v) is 5.46. The summed E-state index contributed by atoms with van der Waals surface area (Å²) >= 11 is 0. The van der Waals surface area contributed by atoms with Crippen LogP contribution in [-0.2, 0) is 4.79 Å². The van der Waals surface area contributed by atoms with Gasteiger partial charge >= 0.3 is 0 Å². The van der Waals surface area contributed by atoms with Crippen molar-refractivity contribution >= 4 is 17.3 Å². The Balaban J connectivity index is 1.62. The molecule has 0 unspecified atom stereocenters. The van der Waals surface area contributed by atoms with Crippen LogP contribution in [-0.4, -0.2) is 51.8 Å². The standard InChI is InChI=1S/C22H29N3O2/c1-4-25(19-9-6-5-7-10-19)22(26)18(2)23-13-15-24(16-14-23)20-11-8-12-21(17-20)27-3/h5-12,17-18H,4,13-16H2,1-3H3/p+1/t18-/m1/s1. The van der Waals surface area contributed by atoms with E-state index in [0.29, 0.717) is 6.54 Å². The first kappa shape index (κ1) is 19.2. The molecule has 1 fully saturated rings. The highest BCUT2D eigenvalue weighted by Crippen LogP contribution is 2.21. The number of amides is 1. The van der Waals surface area contributed by atoms with Crippen LogP contribution in [0.3, 0.4) is 0 Å². The molecule has 0 radical (unpaired) electrons. The summed E-state index contributed by atoms with van der Waals surface area (Å²) < 4.78 is 5.34. The molecule has 0 aromatic heterocycles. The Hall–Kier alpha value is -2.53. The minimum atomic E-state index is -0.0439. The predicted octanol–water partition coefficient (Wildman–Crippen LogP) is 1.84. The SMILES string of the molecule is CCN(C(=O)[C@@H](C)[NH+]1CCN(c2cccc(OC)c2)CC1)c1ccccc1. The molecule has 1 amide bonds. The van der Waals surface area contributed by atoms with Gasteiger partial charge in [0.25, 0.3) is 5.91 Å². The lowest BCUT2D eigenvalue weighted by molar-refractivity contribution is -0.914. The molecule has 1 aliphatic rings. The Morgan fingerprint density at radius 1 is 1.15 bits per heavy atom. The van der Waals surface area contributed by atoms with E-state index in [1.54, 1.807) is 7.11 Å². The Labute approximate surface area is 162 Å². The number of carbonyl (C=O) groups is 1. The second kappa shape index (κ2) is 8.91. The smallest absolute Gasteiger partial charge is 0.284 e. The van der Waals surface area contributed by atoms with E-state index in [2.05, 4.69) is 24.0 Å². The van der Waals surface area contributed by atoms with Crippen LogP contribution in [0.2, 0.25) is 0 Å². The largest absolute Gasteiger partial charge is 0.497 e. The summed E-state index contributed by atoms with van der Waals surface area (Å²) in [4.78, 5) is 18.7. The molecule has 0 saturated carbocycles. The van der Waals surface area contributed by atoms with Crippen LogP contribution in [0.1, 0.15) is 13.8 Å². The Bertz CT molecular complexity index is 742. The number of benzene rings is 2. The lowest BCUT2D eigenvalue weighted by Crippen LogP contribution is -3.19. The molecule has 1 N–H and O–H groups in total. The average Bonchev–Trinajstić information content (AvgIpc) is 2.74. The molecule has 0 bridgehead atoms. The van der Waals surface area contributed by atoms with E-state index >= 15 is 0 Å². The van der Waals surface area contributed by atoms with Gasteiger partial charge in [0.05, 0.1) is 33.3 Å². The minimum Gasteiger partial charge on any atom is -0.497 e. The molecule has 1 aliphatic heterocycles. The lowest BCUT2D eigenvalue weighted by Gasteiger charge is -2.37. The number of piperazine rings is 1. The molecule has 0 aliphatic carbocycles. The molecule has 1 atom stereocenters. The molecule has 27 heavy (non-hydrogen) atoms. The van der Waals surface area contributed by atoms with E-state index in [0.717, 1.165) is 37.6 Å². The number of rotatable bonds is 6. The van der Waals surface area contributed by atoms with E-state index in [1.165, 1.54) is 10.6 Å². The normalized spacial score (nSPS) is 16.0. The number of likely N-dealkylation sites (N-methyl/N-ethyl adjacent to an activating group) is 1. The van der Waals surface area contributed by atoms with Gasteiger partial charge in [0.2, 0.25) is 0 Å². The van der Waals surface area contributed by atoms with Gasteiger partial charge in [-0.15, -0.1) is 0 Å². The maximum absolute atomic E-state index is 13.1. The van der Waals surface area contributed by atoms with E-state index in [-0.39, 0.29) is 11.9 Å². The number of nitrogens with one attached hydrogen (secondary N) is 1. The molecular formula is C22H30N3O2+. The minimum absolute atomic E-state index is 0.0439. The zero-order valence-corrected chi connectivity index (χ0v) is 16.5.